The quantitative estimate of drug-likeness (QED) is 0.0188. The molecule has 5 aromatic heterocycles. The molecule has 7 N–H and O–H groups in total. The average Bonchev–Trinajstić information content (AvgIpc) is 1.71. The number of nitriles is 1. The minimum Gasteiger partial charge on any atom is -0.481 e. The number of aliphatic carboxylic acids is 2. The van der Waals surface area contributed by atoms with E-state index in [2.05, 4.69) is 130 Å². The number of aliphatic hydroxyl groups excluding tert-OH is 3. The predicted octanol–water partition coefficient (Wildman–Crippen LogP) is 17.3. The van der Waals surface area contributed by atoms with Gasteiger partial charge in [-0.05, 0) is 262 Å². The van der Waals surface area contributed by atoms with Crippen LogP contribution in [0.3, 0.4) is 0 Å². The molecule has 0 radical (unpaired) electrons. The molecule has 0 bridgehead atoms. The van der Waals surface area contributed by atoms with Crippen molar-refractivity contribution in [3.05, 3.63) is 34.5 Å². The number of thiazole rings is 1. The monoisotopic (exact) mass is 1930 g/mol. The van der Waals surface area contributed by atoms with Crippen molar-refractivity contribution in [2.45, 2.75) is 356 Å². The van der Waals surface area contributed by atoms with Gasteiger partial charge in [-0.15, -0.1) is 11.3 Å². The first-order valence-corrected chi connectivity index (χ1v) is 52.7. The van der Waals surface area contributed by atoms with Crippen molar-refractivity contribution in [1.82, 2.24) is 66.0 Å². The summed E-state index contributed by atoms with van der Waals surface area (Å²) in [7, 11) is 0. The van der Waals surface area contributed by atoms with Gasteiger partial charge in [-0.3, -0.25) is 24.0 Å². The second kappa shape index (κ2) is 63.8. The van der Waals surface area contributed by atoms with E-state index >= 15 is 0 Å². The fraction of sp³-hybridized carbons (Fsp3) is 0.820. The summed E-state index contributed by atoms with van der Waals surface area (Å²) in [4.78, 5) is 105. The van der Waals surface area contributed by atoms with Gasteiger partial charge >= 0.3 is 42.1 Å². The first-order valence-electron chi connectivity index (χ1n) is 51.9. The van der Waals surface area contributed by atoms with Crippen LogP contribution in [-0.4, -0.2) is 253 Å². The maximum absolute atomic E-state index is 12.2. The van der Waals surface area contributed by atoms with Crippen LogP contribution in [0.25, 0.3) is 0 Å². The number of rotatable bonds is 34. The smallest absolute Gasteiger partial charge is 0.408 e. The number of anilines is 5. The molecule has 0 unspecified atom stereocenters. The van der Waals surface area contributed by atoms with Gasteiger partial charge in [0.1, 0.15) is 16.4 Å². The van der Waals surface area contributed by atoms with Crippen LogP contribution >= 0.6 is 11.3 Å². The average molecular weight is 1930 g/mol. The zero-order valence-electron chi connectivity index (χ0n) is 84.7. The molecular weight excluding hydrogens is 1760 g/mol. The number of aromatic nitrogens is 9. The molecule has 13 heterocycles. The fourth-order valence-electron chi connectivity index (χ4n) is 18.1. The van der Waals surface area contributed by atoms with E-state index in [1.165, 1.54) is 107 Å². The van der Waals surface area contributed by atoms with Crippen molar-refractivity contribution in [2.75, 3.05) is 156 Å². The highest BCUT2D eigenvalue weighted by Crippen LogP contribution is 2.35. The first kappa shape index (κ1) is 114. The van der Waals surface area contributed by atoms with E-state index in [0.717, 1.165) is 267 Å². The van der Waals surface area contributed by atoms with Crippen LogP contribution in [0.1, 0.15) is 373 Å². The number of hydrogen-bond acceptors (Lipinski definition) is 32. The van der Waals surface area contributed by atoms with Crippen LogP contribution in [0.5, 0.6) is 0 Å². The van der Waals surface area contributed by atoms with E-state index in [1.54, 1.807) is 27.7 Å². The van der Waals surface area contributed by atoms with Crippen LogP contribution in [0.4, 0.5) is 33.9 Å². The Bertz CT molecular complexity index is 4120. The number of alkyl carbamates (subject to hydrolysis) is 1. The van der Waals surface area contributed by atoms with Crippen molar-refractivity contribution in [3.8, 4) is 6.19 Å². The van der Waals surface area contributed by atoms with Gasteiger partial charge in [-0.2, -0.15) is 25.2 Å². The molecule has 1 saturated carbocycles. The number of Topliss-reactive ketones (excluding diaryl/α,β-unsaturated/α-hetero) is 2. The summed E-state index contributed by atoms with van der Waals surface area (Å²) < 4.78 is 26.5. The number of carboxylic acid groups (broad SMARTS) is 2. The number of likely N-dealkylation sites (tertiary alicyclic amines) is 2. The molecule has 0 atom stereocenters. The van der Waals surface area contributed by atoms with E-state index in [-0.39, 0.29) is 54.6 Å². The lowest BCUT2D eigenvalue weighted by atomic mass is 9.86. The zero-order valence-corrected chi connectivity index (χ0v) is 85.5. The number of aryl methyl sites for hydroxylation is 1. The summed E-state index contributed by atoms with van der Waals surface area (Å²) in [5.74, 6) is 7.63. The number of carbonyl (C=O) groups is 6. The Kier molecular flexibility index (Phi) is 53.7. The number of carboxylic acids is 2. The van der Waals surface area contributed by atoms with Gasteiger partial charge in [-0.25, -0.2) is 9.78 Å². The number of aliphatic hydroxyl groups is 3. The van der Waals surface area contributed by atoms with Crippen LogP contribution in [-0.2, 0) is 35.1 Å². The molecule has 1 aliphatic carbocycles. The molecule has 0 aromatic carbocycles. The fourth-order valence-corrected chi connectivity index (χ4v) is 19.0. The topological polar surface area (TPSA) is 452 Å². The van der Waals surface area contributed by atoms with Gasteiger partial charge in [-0.1, -0.05) is 102 Å². The molecule has 2 amide bonds. The SMILES string of the molecule is CC(C)(C)OC(=O)NCC(=O)C1CCCCC1.CC(C)c1noc(N2CCC(CCC(=O)CCC(=O)N3CCCCC3)CC2)n1.CC(C)c1noc(N2CCC(CCC(=O)O)CC2)n1.CC(C)c1noc(N2CCC(CCCO)CC2)n1.CC(C)c1noc(N2CCC(CCc3ncc(N4CCCCC4)s3)CC2)n1.CCC(=O)O.N#CN1CCC(CCCO)CC1.OCCCC1CCNCC1. The van der Waals surface area contributed by atoms with E-state index in [1.807, 2.05) is 35.0 Å². The van der Waals surface area contributed by atoms with Crippen molar-refractivity contribution in [3.63, 3.8) is 0 Å². The molecule has 136 heavy (non-hydrogen) atoms. The number of nitrogens with zero attached hydrogens (tertiary/aromatic N) is 17. The first-order chi connectivity index (χ1) is 65.4. The summed E-state index contributed by atoms with van der Waals surface area (Å²) in [5, 5.41) is 75.7. The van der Waals surface area contributed by atoms with Crippen LogP contribution in [0, 0.1) is 52.9 Å². The predicted molar refractivity (Wildman–Crippen MR) is 529 cm³/mol. The number of hydrogen-bond donors (Lipinski definition) is 7. The number of ether oxygens (including phenoxy) is 1. The Hall–Kier alpha value is -8.66. The number of carbonyl (C=O) groups excluding carboxylic acids is 4. The standard InChI is InChI=1S/C21H34N4O3.C20H31N5OS.C13H21N3O3.C13H23N3O2.C13H23NO3.C9H16N2O.C8H17NO.C3H6O2/c1-16(2)20-22-21(28-23-20)25-14-10-17(11-15-25)6-7-18(26)8-9-19(27)24-12-4-3-5-13-24;1-15(2)19-22-20(26-23-19)25-12-8-16(9-13-25)6-7-17-21-14-18(27-17)24-10-4-3-5-11-24;1-9(2)12-14-13(19-15-12)16-7-5-10(6-8-16)3-4-11(17)18;1-10(2)12-14-13(18-15-12)16-7-5-11(6-8-16)4-3-9-17;1-13(2,3)17-12(16)14-9-11(15)10-7-5-4-6-8-10;10-8-11-5-3-9(4-6-11)2-1-7-12;10-7-1-2-8-3-5-9-6-4-8;1-2-3(4)5/h16-17H,3-15H2,1-2H3;14-16H,3-13H2,1-2H3;9-10H,3-8H2,1-2H3,(H,17,18);10-11,17H,3-9H2,1-2H3;10H,4-9H2,1-3H3,(H,14,16);9,12H,1-7H2;8-10H,1-7H2;2H2,1H3,(H,4,5). The summed E-state index contributed by atoms with van der Waals surface area (Å²) in [6.45, 7) is 40.4. The molecule has 8 saturated heterocycles. The minimum atomic E-state index is -0.745. The van der Waals surface area contributed by atoms with Gasteiger partial charge in [0.25, 0.3) is 0 Å². The van der Waals surface area contributed by atoms with Crippen molar-refractivity contribution < 1.29 is 77.1 Å². The molecule has 0 spiro atoms. The third-order valence-electron chi connectivity index (χ3n) is 26.9. The summed E-state index contributed by atoms with van der Waals surface area (Å²) in [6.07, 6.45) is 42.4. The number of ketones is 2. The number of piperidine rings is 8. The lowest BCUT2D eigenvalue weighted by Crippen LogP contribution is -2.37. The van der Waals surface area contributed by atoms with Crippen LogP contribution in [0.15, 0.2) is 24.3 Å². The molecular formula is C100H171N19O16S. The number of amides is 2. The van der Waals surface area contributed by atoms with E-state index in [4.69, 9.17) is 58.6 Å². The van der Waals surface area contributed by atoms with E-state index in [9.17, 15) is 28.8 Å². The molecule has 14 rings (SSSR count). The molecule has 36 heteroatoms. The Balaban J connectivity index is 0.000000219. The lowest BCUT2D eigenvalue weighted by Gasteiger charge is -2.30. The molecule has 9 aliphatic rings. The highest BCUT2D eigenvalue weighted by atomic mass is 32.1. The van der Waals surface area contributed by atoms with Crippen LogP contribution < -0.4 is 35.1 Å². The van der Waals surface area contributed by atoms with E-state index in [0.29, 0.717) is 86.8 Å². The van der Waals surface area contributed by atoms with Gasteiger partial charge in [0, 0.05) is 173 Å². The Labute approximate surface area is 814 Å². The maximum Gasteiger partial charge on any atom is 0.408 e. The summed E-state index contributed by atoms with van der Waals surface area (Å²) in [5.41, 5.74) is -0.516. The lowest BCUT2D eigenvalue weighted by molar-refractivity contribution is -0.138. The van der Waals surface area contributed by atoms with Crippen LogP contribution in [0.2, 0.25) is 0 Å². The summed E-state index contributed by atoms with van der Waals surface area (Å²) in [6, 6.07) is 2.58. The Morgan fingerprint density at radius 3 is 1.21 bits per heavy atom. The number of nitrogens with one attached hydrogen (secondary N) is 2. The third-order valence-corrected chi connectivity index (χ3v) is 28.0. The molecule has 9 fully saturated rings. The maximum atomic E-state index is 12.2. The largest absolute Gasteiger partial charge is 0.481 e. The van der Waals surface area contributed by atoms with Gasteiger partial charge < -0.3 is 93.3 Å². The molecule has 35 nitrogen and oxygen atoms in total. The second-order valence-electron chi connectivity index (χ2n) is 40.4. The highest BCUT2D eigenvalue weighted by Gasteiger charge is 2.31. The van der Waals surface area contributed by atoms with E-state index < -0.39 is 23.6 Å². The van der Waals surface area contributed by atoms with Crippen molar-refractivity contribution >= 4 is 75.9 Å². The Morgan fingerprint density at radius 1 is 0.471 bits per heavy atom. The molecule has 768 valence electrons. The second-order valence-corrected chi connectivity index (χ2v) is 41.5. The molecule has 5 aromatic rings. The van der Waals surface area contributed by atoms with Gasteiger partial charge in [0.15, 0.2) is 35.3 Å². The van der Waals surface area contributed by atoms with Gasteiger partial charge in [0.2, 0.25) is 5.91 Å². The third kappa shape index (κ3) is 44.6. The molecule has 8 aliphatic heterocycles. The normalized spacial score (nSPS) is 18.1. The Morgan fingerprint density at radius 2 is 0.838 bits per heavy atom. The van der Waals surface area contributed by atoms with Crippen molar-refractivity contribution in [2.24, 2.45) is 41.4 Å². The zero-order chi connectivity index (χ0) is 98.6. The minimum absolute atomic E-state index is 0.0968. The van der Waals surface area contributed by atoms with Gasteiger partial charge in [0.05, 0.1) is 17.7 Å². The highest BCUT2D eigenvalue weighted by molar-refractivity contribution is 7.15. The van der Waals surface area contributed by atoms with Crippen molar-refractivity contribution in [1.29, 1.82) is 5.26 Å². The summed E-state index contributed by atoms with van der Waals surface area (Å²) >= 11 is 1.90.